The van der Waals surface area contributed by atoms with E-state index in [1.807, 2.05) is 12.1 Å². The van der Waals surface area contributed by atoms with Crippen molar-refractivity contribution in [2.75, 3.05) is 0 Å². The summed E-state index contributed by atoms with van der Waals surface area (Å²) in [7, 11) is 0. The summed E-state index contributed by atoms with van der Waals surface area (Å²) in [6, 6.07) is 9.64. The number of hydrogen-bond donors (Lipinski definition) is 1. The summed E-state index contributed by atoms with van der Waals surface area (Å²) in [5, 5.41) is 10.8. The molecule has 0 amide bonds. The molecule has 0 radical (unpaired) electrons. The van der Waals surface area contributed by atoms with Crippen LogP contribution in [0.3, 0.4) is 0 Å². The molecule has 0 fully saturated rings. The Balaban J connectivity index is 2.03. The maximum atomic E-state index is 13.1. The molecular formula is C13H8BrFO2S. The first-order valence-corrected chi connectivity index (χ1v) is 6.87. The molecule has 3 aromatic rings. The molecule has 2 heterocycles. The molecular weight excluding hydrogens is 319 g/mol. The fraction of sp³-hybridized carbons (Fsp3) is 0.0769. The lowest BCUT2D eigenvalue weighted by molar-refractivity contribution is 0.196. The van der Waals surface area contributed by atoms with Gasteiger partial charge in [0.2, 0.25) is 0 Å². The molecule has 2 nitrogen and oxygen atoms in total. The number of furan rings is 1. The summed E-state index contributed by atoms with van der Waals surface area (Å²) in [6.45, 7) is 0. The standard InChI is InChI=1S/C13H8BrFO2S/c14-12-4-3-11(18-12)13(16)10-6-7-5-8(15)1-2-9(7)17-10/h1-6,13,16H. The van der Waals surface area contributed by atoms with Crippen LogP contribution in [0.2, 0.25) is 0 Å². The van der Waals surface area contributed by atoms with Gasteiger partial charge in [0.05, 0.1) is 3.79 Å². The van der Waals surface area contributed by atoms with Gasteiger partial charge in [-0.2, -0.15) is 0 Å². The molecule has 0 aliphatic rings. The zero-order valence-electron chi connectivity index (χ0n) is 9.06. The number of aliphatic hydroxyl groups excluding tert-OH is 1. The second kappa shape index (κ2) is 4.50. The lowest BCUT2D eigenvalue weighted by Crippen LogP contribution is -1.93. The third kappa shape index (κ3) is 2.09. The van der Waals surface area contributed by atoms with Crippen LogP contribution in [0.25, 0.3) is 11.0 Å². The molecule has 5 heteroatoms. The Morgan fingerprint density at radius 2 is 2.06 bits per heavy atom. The number of halogens is 2. The van der Waals surface area contributed by atoms with E-state index < -0.39 is 6.10 Å². The summed E-state index contributed by atoms with van der Waals surface area (Å²) in [5.74, 6) is 0.105. The smallest absolute Gasteiger partial charge is 0.146 e. The van der Waals surface area contributed by atoms with Crippen LogP contribution < -0.4 is 0 Å². The highest BCUT2D eigenvalue weighted by molar-refractivity contribution is 9.11. The van der Waals surface area contributed by atoms with Crippen LogP contribution in [0, 0.1) is 5.82 Å². The molecule has 0 spiro atoms. The number of aliphatic hydroxyl groups is 1. The van der Waals surface area contributed by atoms with Crippen molar-refractivity contribution in [3.8, 4) is 0 Å². The summed E-state index contributed by atoms with van der Waals surface area (Å²) in [5.41, 5.74) is 0.570. The maximum absolute atomic E-state index is 13.1. The third-order valence-electron chi connectivity index (χ3n) is 2.63. The zero-order valence-corrected chi connectivity index (χ0v) is 11.5. The number of rotatable bonds is 2. The fourth-order valence-electron chi connectivity index (χ4n) is 1.78. The van der Waals surface area contributed by atoms with Gasteiger partial charge in [0.1, 0.15) is 23.3 Å². The predicted octanol–water partition coefficient (Wildman–Crippen LogP) is 4.48. The normalized spacial score (nSPS) is 13.1. The minimum atomic E-state index is -0.822. The minimum absolute atomic E-state index is 0.316. The quantitative estimate of drug-likeness (QED) is 0.753. The van der Waals surface area contributed by atoms with Crippen LogP contribution in [0.15, 0.2) is 44.6 Å². The monoisotopic (exact) mass is 326 g/mol. The van der Waals surface area contributed by atoms with Gasteiger partial charge in [-0.1, -0.05) is 0 Å². The van der Waals surface area contributed by atoms with Crippen molar-refractivity contribution in [3.05, 3.63) is 56.6 Å². The molecule has 1 atom stereocenters. The van der Waals surface area contributed by atoms with Crippen molar-refractivity contribution in [1.82, 2.24) is 0 Å². The summed E-state index contributed by atoms with van der Waals surface area (Å²) < 4.78 is 19.5. The van der Waals surface area contributed by atoms with Crippen molar-refractivity contribution in [2.24, 2.45) is 0 Å². The molecule has 1 N–H and O–H groups in total. The van der Waals surface area contributed by atoms with Crippen LogP contribution >= 0.6 is 27.3 Å². The highest BCUT2D eigenvalue weighted by Gasteiger charge is 2.17. The van der Waals surface area contributed by atoms with Gasteiger partial charge in [0.15, 0.2) is 0 Å². The summed E-state index contributed by atoms with van der Waals surface area (Å²) in [6.07, 6.45) is -0.822. The van der Waals surface area contributed by atoms with E-state index in [1.54, 1.807) is 12.1 Å². The van der Waals surface area contributed by atoms with Crippen LogP contribution in [0.1, 0.15) is 16.7 Å². The van der Waals surface area contributed by atoms with Crippen molar-refractivity contribution in [1.29, 1.82) is 0 Å². The summed E-state index contributed by atoms with van der Waals surface area (Å²) in [4.78, 5) is 0.779. The van der Waals surface area contributed by atoms with E-state index >= 15 is 0 Å². The third-order valence-corrected chi connectivity index (χ3v) is 4.31. The van der Waals surface area contributed by atoms with E-state index in [9.17, 15) is 9.50 Å². The Bertz CT molecular complexity index is 704. The number of thiophene rings is 1. The van der Waals surface area contributed by atoms with Gasteiger partial charge in [0.25, 0.3) is 0 Å². The highest BCUT2D eigenvalue weighted by Crippen LogP contribution is 2.33. The average molecular weight is 327 g/mol. The highest BCUT2D eigenvalue weighted by atomic mass is 79.9. The van der Waals surface area contributed by atoms with Crippen molar-refractivity contribution in [3.63, 3.8) is 0 Å². The molecule has 2 aromatic heterocycles. The first kappa shape index (κ1) is 11.9. The van der Waals surface area contributed by atoms with Gasteiger partial charge in [-0.15, -0.1) is 11.3 Å². The zero-order chi connectivity index (χ0) is 12.7. The summed E-state index contributed by atoms with van der Waals surface area (Å²) >= 11 is 4.78. The number of hydrogen-bond acceptors (Lipinski definition) is 3. The van der Waals surface area contributed by atoms with E-state index in [0.717, 1.165) is 8.66 Å². The topological polar surface area (TPSA) is 33.4 Å². The number of benzene rings is 1. The van der Waals surface area contributed by atoms with E-state index in [-0.39, 0.29) is 5.82 Å². The van der Waals surface area contributed by atoms with E-state index in [0.29, 0.717) is 16.7 Å². The van der Waals surface area contributed by atoms with Gasteiger partial charge >= 0.3 is 0 Å². The predicted molar refractivity (Wildman–Crippen MR) is 72.3 cm³/mol. The Morgan fingerprint density at radius 1 is 1.22 bits per heavy atom. The van der Waals surface area contributed by atoms with Gasteiger partial charge in [-0.05, 0) is 52.3 Å². The van der Waals surface area contributed by atoms with E-state index in [1.165, 1.54) is 23.5 Å². The lowest BCUT2D eigenvalue weighted by atomic mass is 10.2. The first-order chi connectivity index (χ1) is 8.63. The van der Waals surface area contributed by atoms with Gasteiger partial charge in [-0.25, -0.2) is 4.39 Å². The van der Waals surface area contributed by atoms with Gasteiger partial charge in [-0.3, -0.25) is 0 Å². The van der Waals surface area contributed by atoms with Crippen molar-refractivity contribution < 1.29 is 13.9 Å². The Hall–Kier alpha value is -1.17. The first-order valence-electron chi connectivity index (χ1n) is 5.26. The van der Waals surface area contributed by atoms with Crippen LogP contribution in [-0.4, -0.2) is 5.11 Å². The maximum Gasteiger partial charge on any atom is 0.146 e. The molecule has 18 heavy (non-hydrogen) atoms. The SMILES string of the molecule is OC(c1cc2cc(F)ccc2o1)c1ccc(Br)s1. The number of fused-ring (bicyclic) bond motifs is 1. The molecule has 0 saturated carbocycles. The Morgan fingerprint density at radius 3 is 2.78 bits per heavy atom. The lowest BCUT2D eigenvalue weighted by Gasteiger charge is -2.03. The molecule has 1 unspecified atom stereocenters. The Labute approximate surface area is 115 Å². The second-order valence-corrected chi connectivity index (χ2v) is 6.37. The Kier molecular flexibility index (Phi) is 2.97. The van der Waals surface area contributed by atoms with Crippen LogP contribution in [0.4, 0.5) is 4.39 Å². The molecule has 1 aromatic carbocycles. The molecule has 3 rings (SSSR count). The minimum Gasteiger partial charge on any atom is -0.458 e. The second-order valence-electron chi connectivity index (χ2n) is 3.88. The van der Waals surface area contributed by atoms with E-state index in [2.05, 4.69) is 15.9 Å². The average Bonchev–Trinajstić information content (AvgIpc) is 2.93. The molecule has 0 bridgehead atoms. The van der Waals surface area contributed by atoms with Crippen LogP contribution in [-0.2, 0) is 0 Å². The van der Waals surface area contributed by atoms with Gasteiger partial charge < -0.3 is 9.52 Å². The van der Waals surface area contributed by atoms with Crippen molar-refractivity contribution in [2.45, 2.75) is 6.10 Å². The fourth-order valence-corrected chi connectivity index (χ4v) is 3.20. The van der Waals surface area contributed by atoms with Crippen LogP contribution in [0.5, 0.6) is 0 Å². The molecule has 0 aliphatic heterocycles. The molecule has 92 valence electrons. The van der Waals surface area contributed by atoms with E-state index in [4.69, 9.17) is 4.42 Å². The molecule has 0 saturated heterocycles. The van der Waals surface area contributed by atoms with Gasteiger partial charge in [0, 0.05) is 10.3 Å². The van der Waals surface area contributed by atoms with Crippen molar-refractivity contribution >= 4 is 38.2 Å². The largest absolute Gasteiger partial charge is 0.458 e. The molecule has 0 aliphatic carbocycles.